The highest BCUT2D eigenvalue weighted by Crippen LogP contribution is 2.34. The Bertz CT molecular complexity index is 1040. The van der Waals surface area contributed by atoms with E-state index in [1.54, 1.807) is 25.6 Å². The molecule has 1 unspecified atom stereocenters. The molecule has 1 aliphatic heterocycles. The lowest BCUT2D eigenvalue weighted by Gasteiger charge is -2.33. The predicted octanol–water partition coefficient (Wildman–Crippen LogP) is 4.11. The molecule has 0 radical (unpaired) electrons. The van der Waals surface area contributed by atoms with E-state index in [9.17, 15) is 4.79 Å². The molecule has 1 fully saturated rings. The summed E-state index contributed by atoms with van der Waals surface area (Å²) in [5, 5.41) is 2.74. The van der Waals surface area contributed by atoms with E-state index in [0.29, 0.717) is 29.7 Å². The van der Waals surface area contributed by atoms with Crippen molar-refractivity contribution < 1.29 is 19.0 Å². The SMILES string of the molecule is CCOc1ccc(-c2nc(COC(=O)C3CCCCN3c3ncccn3)cs2)cc1OC. The Hall–Kier alpha value is -3.20. The first kappa shape index (κ1) is 22.0. The average molecular weight is 455 g/mol. The Morgan fingerprint density at radius 2 is 2.06 bits per heavy atom. The van der Waals surface area contributed by atoms with Crippen LogP contribution < -0.4 is 14.4 Å². The normalized spacial score (nSPS) is 15.9. The topological polar surface area (TPSA) is 86.7 Å². The number of hydrogen-bond donors (Lipinski definition) is 0. The Kier molecular flexibility index (Phi) is 7.16. The third kappa shape index (κ3) is 4.99. The van der Waals surface area contributed by atoms with Crippen molar-refractivity contribution in [2.24, 2.45) is 0 Å². The van der Waals surface area contributed by atoms with Crippen LogP contribution in [0.15, 0.2) is 42.0 Å². The number of carbonyl (C=O) groups excluding carboxylic acids is 1. The maximum atomic E-state index is 12.8. The number of aromatic nitrogens is 3. The number of nitrogens with zero attached hydrogens (tertiary/aromatic N) is 4. The fourth-order valence-electron chi connectivity index (χ4n) is 3.68. The van der Waals surface area contributed by atoms with Gasteiger partial charge in [0.05, 0.1) is 19.4 Å². The van der Waals surface area contributed by atoms with Gasteiger partial charge in [-0.25, -0.2) is 19.7 Å². The molecule has 9 heteroatoms. The summed E-state index contributed by atoms with van der Waals surface area (Å²) in [6, 6.07) is 7.11. The van der Waals surface area contributed by atoms with Crippen LogP contribution in [0.1, 0.15) is 31.9 Å². The number of carbonyl (C=O) groups is 1. The predicted molar refractivity (Wildman–Crippen MR) is 122 cm³/mol. The summed E-state index contributed by atoms with van der Waals surface area (Å²) in [5.74, 6) is 1.65. The van der Waals surface area contributed by atoms with Crippen molar-refractivity contribution in [3.05, 3.63) is 47.7 Å². The zero-order valence-electron chi connectivity index (χ0n) is 18.2. The van der Waals surface area contributed by atoms with Crippen molar-refractivity contribution in [3.63, 3.8) is 0 Å². The molecule has 0 bridgehead atoms. The molecule has 2 aromatic heterocycles. The van der Waals surface area contributed by atoms with Gasteiger partial charge >= 0.3 is 5.97 Å². The molecule has 0 N–H and O–H groups in total. The zero-order chi connectivity index (χ0) is 22.3. The minimum absolute atomic E-state index is 0.128. The van der Waals surface area contributed by atoms with Crippen LogP contribution in [0.4, 0.5) is 5.95 Å². The van der Waals surface area contributed by atoms with Gasteiger partial charge in [0.15, 0.2) is 11.5 Å². The fraction of sp³-hybridized carbons (Fsp3) is 0.391. The quantitative estimate of drug-likeness (QED) is 0.470. The van der Waals surface area contributed by atoms with E-state index in [0.717, 1.165) is 36.4 Å². The molecule has 0 amide bonds. The number of piperidine rings is 1. The maximum absolute atomic E-state index is 12.8. The number of anilines is 1. The van der Waals surface area contributed by atoms with E-state index in [1.165, 1.54) is 11.3 Å². The third-order valence-corrected chi connectivity index (χ3v) is 6.15. The van der Waals surface area contributed by atoms with E-state index in [2.05, 4.69) is 15.0 Å². The molecule has 3 heterocycles. The summed E-state index contributed by atoms with van der Waals surface area (Å²) in [7, 11) is 1.61. The van der Waals surface area contributed by atoms with Crippen molar-refractivity contribution in [2.75, 3.05) is 25.2 Å². The van der Waals surface area contributed by atoms with Gasteiger partial charge in [-0.15, -0.1) is 11.3 Å². The molecule has 3 aromatic rings. The number of rotatable bonds is 8. The van der Waals surface area contributed by atoms with Crippen molar-refractivity contribution in [3.8, 4) is 22.1 Å². The minimum atomic E-state index is -0.375. The lowest BCUT2D eigenvalue weighted by Crippen LogP contribution is -2.46. The van der Waals surface area contributed by atoms with Gasteiger partial charge < -0.3 is 19.1 Å². The summed E-state index contributed by atoms with van der Waals surface area (Å²) in [6.45, 7) is 3.37. The van der Waals surface area contributed by atoms with Crippen LogP contribution >= 0.6 is 11.3 Å². The van der Waals surface area contributed by atoms with E-state index in [4.69, 9.17) is 14.2 Å². The van der Waals surface area contributed by atoms with Crippen molar-refractivity contribution in [1.82, 2.24) is 15.0 Å². The lowest BCUT2D eigenvalue weighted by molar-refractivity contribution is -0.147. The molecular formula is C23H26N4O4S. The molecule has 0 spiro atoms. The van der Waals surface area contributed by atoms with Gasteiger partial charge in [-0.1, -0.05) is 0 Å². The summed E-state index contributed by atoms with van der Waals surface area (Å²) in [5.41, 5.74) is 1.64. The van der Waals surface area contributed by atoms with Crippen LogP contribution in [0.2, 0.25) is 0 Å². The van der Waals surface area contributed by atoms with Crippen molar-refractivity contribution >= 4 is 23.3 Å². The number of esters is 1. The number of benzene rings is 1. The Labute approximate surface area is 191 Å². The number of ether oxygens (including phenoxy) is 3. The van der Waals surface area contributed by atoms with Crippen LogP contribution in [0.3, 0.4) is 0 Å². The van der Waals surface area contributed by atoms with Gasteiger partial charge in [0.1, 0.15) is 17.7 Å². The molecule has 32 heavy (non-hydrogen) atoms. The molecule has 1 saturated heterocycles. The second kappa shape index (κ2) is 10.4. The molecule has 1 atom stereocenters. The Balaban J connectivity index is 1.41. The molecule has 1 aromatic carbocycles. The average Bonchev–Trinajstić information content (AvgIpc) is 3.32. The molecule has 168 valence electrons. The second-order valence-electron chi connectivity index (χ2n) is 7.30. The number of methoxy groups -OCH3 is 1. The van der Waals surface area contributed by atoms with Gasteiger partial charge in [0.25, 0.3) is 0 Å². The van der Waals surface area contributed by atoms with Crippen LogP contribution in [-0.4, -0.2) is 47.2 Å². The largest absolute Gasteiger partial charge is 0.493 e. The summed E-state index contributed by atoms with van der Waals surface area (Å²) >= 11 is 1.50. The van der Waals surface area contributed by atoms with Gasteiger partial charge in [0, 0.05) is 29.9 Å². The zero-order valence-corrected chi connectivity index (χ0v) is 19.0. The van der Waals surface area contributed by atoms with Gasteiger partial charge in [-0.05, 0) is 50.5 Å². The van der Waals surface area contributed by atoms with Crippen LogP contribution in [-0.2, 0) is 16.1 Å². The first-order chi connectivity index (χ1) is 15.7. The molecule has 4 rings (SSSR count). The first-order valence-electron chi connectivity index (χ1n) is 10.7. The molecular weight excluding hydrogens is 428 g/mol. The van der Waals surface area contributed by atoms with Crippen LogP contribution in [0, 0.1) is 0 Å². The lowest BCUT2D eigenvalue weighted by atomic mass is 10.0. The second-order valence-corrected chi connectivity index (χ2v) is 8.16. The highest BCUT2D eigenvalue weighted by molar-refractivity contribution is 7.13. The number of thiazole rings is 1. The van der Waals surface area contributed by atoms with Gasteiger partial charge in [-0.3, -0.25) is 0 Å². The molecule has 8 nitrogen and oxygen atoms in total. The first-order valence-corrected chi connectivity index (χ1v) is 11.5. The smallest absolute Gasteiger partial charge is 0.329 e. The van der Waals surface area contributed by atoms with Crippen molar-refractivity contribution in [2.45, 2.75) is 38.8 Å². The maximum Gasteiger partial charge on any atom is 0.329 e. The third-order valence-electron chi connectivity index (χ3n) is 5.21. The molecule has 0 saturated carbocycles. The van der Waals surface area contributed by atoms with Crippen molar-refractivity contribution in [1.29, 1.82) is 0 Å². The Morgan fingerprint density at radius 3 is 2.84 bits per heavy atom. The van der Waals surface area contributed by atoms with E-state index in [-0.39, 0.29) is 18.6 Å². The summed E-state index contributed by atoms with van der Waals surface area (Å²) in [6.07, 6.45) is 6.08. The van der Waals surface area contributed by atoms with Crippen LogP contribution in [0.25, 0.3) is 10.6 Å². The van der Waals surface area contributed by atoms with Crippen LogP contribution in [0.5, 0.6) is 11.5 Å². The molecule has 0 aliphatic carbocycles. The summed E-state index contributed by atoms with van der Waals surface area (Å²) in [4.78, 5) is 28.0. The standard InChI is InChI=1S/C23H26N4O4S/c1-3-30-19-9-8-16(13-20(19)29-2)21-26-17(15-32-21)14-31-22(28)18-7-4-5-12-27(18)23-24-10-6-11-25-23/h6,8-11,13,15,18H,3-5,7,12,14H2,1-2H3. The highest BCUT2D eigenvalue weighted by Gasteiger charge is 2.31. The van der Waals surface area contributed by atoms with Gasteiger partial charge in [-0.2, -0.15) is 0 Å². The van der Waals surface area contributed by atoms with E-state index >= 15 is 0 Å². The fourth-order valence-corrected chi connectivity index (χ4v) is 4.48. The molecule has 1 aliphatic rings. The van der Waals surface area contributed by atoms with E-state index < -0.39 is 0 Å². The van der Waals surface area contributed by atoms with Gasteiger partial charge in [0.2, 0.25) is 5.95 Å². The Morgan fingerprint density at radius 1 is 1.22 bits per heavy atom. The highest BCUT2D eigenvalue weighted by atomic mass is 32.1. The monoisotopic (exact) mass is 454 g/mol. The van der Waals surface area contributed by atoms with E-state index in [1.807, 2.05) is 35.4 Å². The summed E-state index contributed by atoms with van der Waals surface area (Å²) < 4.78 is 16.6. The minimum Gasteiger partial charge on any atom is -0.493 e. The number of hydrogen-bond acceptors (Lipinski definition) is 9.